The number of aromatic nitrogens is 4. The SMILES string of the molecule is Cc1nc2c(ccc3c2nc(C)n3C)[nH]1. The summed E-state index contributed by atoms with van der Waals surface area (Å²) in [5, 5.41) is 0. The quantitative estimate of drug-likeness (QED) is 0.603. The highest BCUT2D eigenvalue weighted by molar-refractivity contribution is 6.00. The van der Waals surface area contributed by atoms with E-state index in [0.29, 0.717) is 0 Å². The first-order valence-electron chi connectivity index (χ1n) is 4.95. The summed E-state index contributed by atoms with van der Waals surface area (Å²) in [6, 6.07) is 4.13. The standard InChI is InChI=1S/C11H12N4/c1-6-12-8-4-5-9-11(10(8)13-6)14-7(2)15(9)3/h4-5H,1-3H3,(H,12,13). The lowest BCUT2D eigenvalue weighted by molar-refractivity contribution is 0.886. The summed E-state index contributed by atoms with van der Waals surface area (Å²) in [5.74, 6) is 1.94. The molecule has 0 fully saturated rings. The molecule has 0 aliphatic rings. The lowest BCUT2D eigenvalue weighted by Gasteiger charge is -1.95. The number of fused-ring (bicyclic) bond motifs is 3. The maximum absolute atomic E-state index is 4.53. The van der Waals surface area contributed by atoms with Gasteiger partial charge in [0.25, 0.3) is 0 Å². The molecule has 1 N–H and O–H groups in total. The van der Waals surface area contributed by atoms with E-state index in [2.05, 4.69) is 31.7 Å². The number of rotatable bonds is 0. The Morgan fingerprint density at radius 3 is 2.73 bits per heavy atom. The second-order valence-corrected chi connectivity index (χ2v) is 3.87. The fourth-order valence-electron chi connectivity index (χ4n) is 1.97. The zero-order valence-electron chi connectivity index (χ0n) is 9.00. The van der Waals surface area contributed by atoms with Gasteiger partial charge in [0.15, 0.2) is 0 Å². The average molecular weight is 200 g/mol. The minimum Gasteiger partial charge on any atom is -0.342 e. The van der Waals surface area contributed by atoms with Crippen molar-refractivity contribution < 1.29 is 0 Å². The number of aromatic amines is 1. The molecule has 0 unspecified atom stereocenters. The van der Waals surface area contributed by atoms with E-state index in [-0.39, 0.29) is 0 Å². The van der Waals surface area contributed by atoms with Crippen LogP contribution in [-0.4, -0.2) is 19.5 Å². The average Bonchev–Trinajstić information content (AvgIpc) is 2.69. The molecule has 2 aromatic heterocycles. The number of benzene rings is 1. The van der Waals surface area contributed by atoms with Crippen molar-refractivity contribution in [2.24, 2.45) is 7.05 Å². The first-order valence-corrected chi connectivity index (χ1v) is 4.95. The summed E-state index contributed by atoms with van der Waals surface area (Å²) in [6.45, 7) is 3.97. The van der Waals surface area contributed by atoms with Crippen molar-refractivity contribution in [1.82, 2.24) is 19.5 Å². The smallest absolute Gasteiger partial charge is 0.117 e. The van der Waals surface area contributed by atoms with Crippen LogP contribution in [0, 0.1) is 13.8 Å². The van der Waals surface area contributed by atoms with Gasteiger partial charge in [-0.25, -0.2) is 9.97 Å². The summed E-state index contributed by atoms with van der Waals surface area (Å²) in [4.78, 5) is 12.2. The Hall–Kier alpha value is -1.84. The van der Waals surface area contributed by atoms with Crippen LogP contribution in [-0.2, 0) is 7.05 Å². The summed E-state index contributed by atoms with van der Waals surface area (Å²) in [7, 11) is 2.02. The first-order chi connectivity index (χ1) is 7.16. The maximum atomic E-state index is 4.53. The molecule has 15 heavy (non-hydrogen) atoms. The monoisotopic (exact) mass is 200 g/mol. The lowest BCUT2D eigenvalue weighted by atomic mass is 10.2. The molecular weight excluding hydrogens is 188 g/mol. The van der Waals surface area contributed by atoms with Gasteiger partial charge in [-0.2, -0.15) is 0 Å². The number of H-pyrrole nitrogens is 1. The van der Waals surface area contributed by atoms with Crippen LogP contribution in [0.15, 0.2) is 12.1 Å². The van der Waals surface area contributed by atoms with Crippen molar-refractivity contribution in [3.63, 3.8) is 0 Å². The van der Waals surface area contributed by atoms with Gasteiger partial charge >= 0.3 is 0 Å². The second-order valence-electron chi connectivity index (χ2n) is 3.87. The Bertz CT molecular complexity index is 660. The van der Waals surface area contributed by atoms with Gasteiger partial charge < -0.3 is 9.55 Å². The predicted octanol–water partition coefficient (Wildman–Crippen LogP) is 2.07. The van der Waals surface area contributed by atoms with Gasteiger partial charge in [0.05, 0.1) is 11.0 Å². The Balaban J connectivity index is 2.59. The van der Waals surface area contributed by atoms with Gasteiger partial charge in [0.1, 0.15) is 22.7 Å². The molecule has 0 amide bonds. The molecule has 0 bridgehead atoms. The van der Waals surface area contributed by atoms with Gasteiger partial charge in [-0.05, 0) is 26.0 Å². The largest absolute Gasteiger partial charge is 0.342 e. The normalized spacial score (nSPS) is 11.7. The number of imidazole rings is 2. The molecule has 0 aliphatic carbocycles. The van der Waals surface area contributed by atoms with Crippen LogP contribution in [0.25, 0.3) is 22.1 Å². The molecule has 4 nitrogen and oxygen atoms in total. The molecule has 2 heterocycles. The fourth-order valence-corrected chi connectivity index (χ4v) is 1.97. The minimum atomic E-state index is 0.931. The molecule has 0 atom stereocenters. The lowest BCUT2D eigenvalue weighted by Crippen LogP contribution is -1.89. The van der Waals surface area contributed by atoms with E-state index in [1.165, 1.54) is 0 Å². The van der Waals surface area contributed by atoms with E-state index in [1.54, 1.807) is 0 Å². The van der Waals surface area contributed by atoms with Crippen LogP contribution in [0.4, 0.5) is 0 Å². The number of aryl methyl sites for hydroxylation is 3. The summed E-state index contributed by atoms with van der Waals surface area (Å²) < 4.78 is 2.08. The van der Waals surface area contributed by atoms with E-state index in [4.69, 9.17) is 0 Å². The first kappa shape index (κ1) is 8.47. The van der Waals surface area contributed by atoms with E-state index in [9.17, 15) is 0 Å². The third-order valence-corrected chi connectivity index (χ3v) is 2.85. The summed E-state index contributed by atoms with van der Waals surface area (Å²) >= 11 is 0. The molecule has 1 aromatic carbocycles. The molecule has 3 aromatic rings. The van der Waals surface area contributed by atoms with Crippen LogP contribution in [0.2, 0.25) is 0 Å². The molecule has 0 saturated carbocycles. The molecule has 0 radical (unpaired) electrons. The zero-order chi connectivity index (χ0) is 10.6. The third-order valence-electron chi connectivity index (χ3n) is 2.85. The van der Waals surface area contributed by atoms with E-state index in [0.717, 1.165) is 33.7 Å². The number of nitrogens with zero attached hydrogens (tertiary/aromatic N) is 3. The molecule has 0 aliphatic heterocycles. The maximum Gasteiger partial charge on any atom is 0.117 e. The van der Waals surface area contributed by atoms with Crippen LogP contribution in [0.3, 0.4) is 0 Å². The van der Waals surface area contributed by atoms with Gasteiger partial charge in [-0.15, -0.1) is 0 Å². The molecular formula is C11H12N4. The topological polar surface area (TPSA) is 46.5 Å². The van der Waals surface area contributed by atoms with Crippen molar-refractivity contribution in [2.45, 2.75) is 13.8 Å². The Labute approximate surface area is 87.0 Å². The van der Waals surface area contributed by atoms with E-state index < -0.39 is 0 Å². The highest BCUT2D eigenvalue weighted by Crippen LogP contribution is 2.23. The molecule has 3 rings (SSSR count). The van der Waals surface area contributed by atoms with Crippen LogP contribution in [0.1, 0.15) is 11.6 Å². The number of hydrogen-bond acceptors (Lipinski definition) is 2. The number of hydrogen-bond donors (Lipinski definition) is 1. The molecule has 0 spiro atoms. The van der Waals surface area contributed by atoms with E-state index >= 15 is 0 Å². The van der Waals surface area contributed by atoms with Gasteiger partial charge in [0, 0.05) is 7.05 Å². The van der Waals surface area contributed by atoms with Crippen molar-refractivity contribution >= 4 is 22.1 Å². The van der Waals surface area contributed by atoms with Gasteiger partial charge in [-0.1, -0.05) is 0 Å². The van der Waals surface area contributed by atoms with E-state index in [1.807, 2.05) is 20.9 Å². The van der Waals surface area contributed by atoms with Crippen molar-refractivity contribution in [2.75, 3.05) is 0 Å². The van der Waals surface area contributed by atoms with Crippen molar-refractivity contribution in [3.05, 3.63) is 23.8 Å². The third kappa shape index (κ3) is 1.02. The fraction of sp³-hybridized carbons (Fsp3) is 0.273. The summed E-state index contributed by atoms with van der Waals surface area (Å²) in [6.07, 6.45) is 0. The van der Waals surface area contributed by atoms with Gasteiger partial charge in [-0.3, -0.25) is 0 Å². The highest BCUT2D eigenvalue weighted by atomic mass is 15.1. The second kappa shape index (κ2) is 2.59. The van der Waals surface area contributed by atoms with Gasteiger partial charge in [0.2, 0.25) is 0 Å². The number of nitrogens with one attached hydrogen (secondary N) is 1. The summed E-state index contributed by atoms with van der Waals surface area (Å²) in [5.41, 5.74) is 4.13. The van der Waals surface area contributed by atoms with Crippen LogP contribution in [0.5, 0.6) is 0 Å². The predicted molar refractivity (Wildman–Crippen MR) is 59.8 cm³/mol. The highest BCUT2D eigenvalue weighted by Gasteiger charge is 2.10. The van der Waals surface area contributed by atoms with Crippen LogP contribution >= 0.6 is 0 Å². The Kier molecular flexibility index (Phi) is 1.46. The Morgan fingerprint density at radius 1 is 1.13 bits per heavy atom. The molecule has 0 saturated heterocycles. The zero-order valence-corrected chi connectivity index (χ0v) is 9.00. The molecule has 76 valence electrons. The molecule has 4 heteroatoms. The van der Waals surface area contributed by atoms with Crippen molar-refractivity contribution in [3.8, 4) is 0 Å². The van der Waals surface area contributed by atoms with Crippen molar-refractivity contribution in [1.29, 1.82) is 0 Å². The Morgan fingerprint density at radius 2 is 1.93 bits per heavy atom. The minimum absolute atomic E-state index is 0.931. The van der Waals surface area contributed by atoms with Crippen LogP contribution < -0.4 is 0 Å².